The number of piperazine rings is 1. The molecule has 19 heteroatoms. The van der Waals surface area contributed by atoms with Crippen LogP contribution in [-0.4, -0.2) is 82.5 Å². The SMILES string of the molecule is CCc1c(N2CCN(C(=O)c3nccc(Cl)c3O)CC2)c(=O)n2nc(-c3ccc4c(c3)CC[S@@+]4[O-])nc2n1CC(=O)Nc1ccc(C(F)(F)F)cc1Cl. The number of alkyl halides is 3. The number of pyridine rings is 1. The van der Waals surface area contributed by atoms with Gasteiger partial charge in [0.05, 0.1) is 27.0 Å². The number of amides is 2. The van der Waals surface area contributed by atoms with Gasteiger partial charge >= 0.3 is 6.18 Å². The number of carbonyl (C=O) groups is 2. The van der Waals surface area contributed by atoms with Gasteiger partial charge in [0.15, 0.2) is 22.2 Å². The van der Waals surface area contributed by atoms with Gasteiger partial charge in [0.1, 0.15) is 18.0 Å². The molecule has 2 aromatic carbocycles. The van der Waals surface area contributed by atoms with Gasteiger partial charge in [-0.05, 0) is 60.1 Å². The van der Waals surface area contributed by atoms with Crippen LogP contribution in [0, 0.1) is 0 Å². The van der Waals surface area contributed by atoms with Gasteiger partial charge in [-0.1, -0.05) is 30.1 Å². The van der Waals surface area contributed by atoms with E-state index in [1.807, 2.05) is 6.07 Å². The lowest BCUT2D eigenvalue weighted by Gasteiger charge is -2.36. The van der Waals surface area contributed by atoms with Crippen LogP contribution in [0.1, 0.15) is 34.2 Å². The third-order valence-corrected chi connectivity index (χ3v) is 11.2. The van der Waals surface area contributed by atoms with Gasteiger partial charge in [0, 0.05) is 49.9 Å². The molecule has 1 saturated heterocycles. The van der Waals surface area contributed by atoms with Crippen molar-refractivity contribution in [2.45, 2.75) is 37.4 Å². The molecular weight excluding hydrogens is 760 g/mol. The molecule has 0 aliphatic carbocycles. The predicted octanol–water partition coefficient (Wildman–Crippen LogP) is 4.81. The van der Waals surface area contributed by atoms with E-state index in [0.29, 0.717) is 23.4 Å². The van der Waals surface area contributed by atoms with Crippen LogP contribution in [0.2, 0.25) is 10.0 Å². The maximum atomic E-state index is 14.3. The number of anilines is 2. The van der Waals surface area contributed by atoms with Crippen LogP contribution in [0.4, 0.5) is 24.5 Å². The summed E-state index contributed by atoms with van der Waals surface area (Å²) in [5, 5.41) is 17.1. The molecule has 0 bridgehead atoms. The first kappa shape index (κ1) is 36.5. The number of hydrogen-bond acceptors (Lipinski definition) is 9. The summed E-state index contributed by atoms with van der Waals surface area (Å²) < 4.78 is 54.7. The number of nitrogens with one attached hydrogen (secondary N) is 1. The van der Waals surface area contributed by atoms with E-state index in [1.54, 1.807) is 24.0 Å². The first-order valence-electron chi connectivity index (χ1n) is 16.3. The molecule has 1 atom stereocenters. The molecule has 53 heavy (non-hydrogen) atoms. The smallest absolute Gasteiger partial charge is 0.416 e. The summed E-state index contributed by atoms with van der Waals surface area (Å²) in [5.74, 6) is -0.903. The summed E-state index contributed by atoms with van der Waals surface area (Å²) in [7, 11) is 0. The zero-order chi connectivity index (χ0) is 37.8. The van der Waals surface area contributed by atoms with Crippen LogP contribution < -0.4 is 15.8 Å². The molecule has 7 rings (SSSR count). The van der Waals surface area contributed by atoms with Crippen molar-refractivity contribution in [2.24, 2.45) is 0 Å². The zero-order valence-corrected chi connectivity index (χ0v) is 30.1. The second-order valence-electron chi connectivity index (χ2n) is 12.3. The Labute approximate surface area is 312 Å². The lowest BCUT2D eigenvalue weighted by molar-refractivity contribution is -0.137. The summed E-state index contributed by atoms with van der Waals surface area (Å²) in [6.07, 6.45) is -2.46. The molecule has 5 aromatic rings. The van der Waals surface area contributed by atoms with E-state index in [1.165, 1.54) is 21.7 Å². The van der Waals surface area contributed by atoms with Crippen molar-refractivity contribution in [1.82, 2.24) is 29.0 Å². The molecule has 0 spiro atoms. The highest BCUT2D eigenvalue weighted by Crippen LogP contribution is 2.34. The molecule has 0 radical (unpaired) electrons. The second kappa shape index (κ2) is 14.2. The first-order valence-corrected chi connectivity index (χ1v) is 18.4. The molecule has 13 nitrogen and oxygen atoms in total. The number of hydrogen-bond donors (Lipinski definition) is 2. The third-order valence-electron chi connectivity index (χ3n) is 9.11. The minimum atomic E-state index is -4.63. The number of halogens is 5. The first-order chi connectivity index (χ1) is 25.2. The molecule has 0 unspecified atom stereocenters. The fraction of sp³-hybridized carbons (Fsp3) is 0.294. The van der Waals surface area contributed by atoms with Crippen LogP contribution in [0.5, 0.6) is 5.75 Å². The van der Waals surface area contributed by atoms with Crippen LogP contribution in [0.3, 0.4) is 0 Å². The average molecular weight is 790 g/mol. The largest absolute Gasteiger partial charge is 0.611 e. The highest BCUT2D eigenvalue weighted by molar-refractivity contribution is 7.91. The number of benzene rings is 2. The monoisotopic (exact) mass is 788 g/mol. The third kappa shape index (κ3) is 6.89. The number of aromatic hydroxyl groups is 1. The molecule has 276 valence electrons. The van der Waals surface area contributed by atoms with Crippen molar-refractivity contribution in [1.29, 1.82) is 0 Å². The van der Waals surface area contributed by atoms with Crippen LogP contribution in [0.15, 0.2) is 58.4 Å². The Morgan fingerprint density at radius 2 is 1.81 bits per heavy atom. The fourth-order valence-electron chi connectivity index (χ4n) is 6.50. The molecule has 2 aliphatic rings. The predicted molar refractivity (Wildman–Crippen MR) is 191 cm³/mol. The summed E-state index contributed by atoms with van der Waals surface area (Å²) in [6, 6.07) is 9.23. The number of nitrogens with zero attached hydrogens (tertiary/aromatic N) is 7. The van der Waals surface area contributed by atoms with Gasteiger partial charge in [-0.3, -0.25) is 14.4 Å². The van der Waals surface area contributed by atoms with Gasteiger partial charge in [-0.2, -0.15) is 22.7 Å². The van der Waals surface area contributed by atoms with E-state index in [-0.39, 0.29) is 71.3 Å². The minimum Gasteiger partial charge on any atom is -0.611 e. The van der Waals surface area contributed by atoms with Gasteiger partial charge in [-0.25, -0.2) is 4.98 Å². The summed E-state index contributed by atoms with van der Waals surface area (Å²) in [6.45, 7) is 2.06. The Morgan fingerprint density at radius 1 is 1.06 bits per heavy atom. The topological polar surface area (TPSA) is 161 Å². The minimum absolute atomic E-state index is 0.0184. The number of fused-ring (bicyclic) bond motifs is 2. The fourth-order valence-corrected chi connectivity index (χ4v) is 8.17. The van der Waals surface area contributed by atoms with Crippen molar-refractivity contribution >= 4 is 63.3 Å². The van der Waals surface area contributed by atoms with E-state index in [2.05, 4.69) is 20.4 Å². The Balaban J connectivity index is 1.26. The van der Waals surface area contributed by atoms with Crippen LogP contribution in [0.25, 0.3) is 17.2 Å². The highest BCUT2D eigenvalue weighted by atomic mass is 35.5. The van der Waals surface area contributed by atoms with Crippen molar-refractivity contribution in [3.05, 3.63) is 91.6 Å². The molecular formula is C34H29Cl2F3N8O5S. The molecule has 0 saturated carbocycles. The maximum Gasteiger partial charge on any atom is 0.416 e. The van der Waals surface area contributed by atoms with E-state index < -0.39 is 52.6 Å². The van der Waals surface area contributed by atoms with Crippen molar-refractivity contribution in [3.8, 4) is 17.1 Å². The normalized spacial score (nSPS) is 15.9. The molecule has 3 aromatic heterocycles. The number of aromatic nitrogens is 5. The molecule has 1 fully saturated rings. The summed E-state index contributed by atoms with van der Waals surface area (Å²) in [4.78, 5) is 53.8. The van der Waals surface area contributed by atoms with Crippen molar-refractivity contribution < 1.29 is 32.4 Å². The summed E-state index contributed by atoms with van der Waals surface area (Å²) >= 11 is 11.0. The average Bonchev–Trinajstić information content (AvgIpc) is 3.75. The maximum absolute atomic E-state index is 14.3. The Kier molecular flexibility index (Phi) is 9.77. The Bertz CT molecular complexity index is 2350. The standard InChI is InChI=1S/C34H29Cl2F3N8O5S/c1-2-24-28(44-10-12-45(13-11-44)31(50)27-29(49)21(35)7-9-40-27)32(51)47-33(42-30(43-47)19-3-6-25-18(15-19)8-14-53(25)52)46(24)17-26(48)41-23-5-4-20(16-22(23)36)34(37,38)39/h3-7,9,15-16,49H,2,8,10-14,17H2,1H3,(H,41,48)/t53-/m1/s1. The van der Waals surface area contributed by atoms with E-state index in [4.69, 9.17) is 23.2 Å². The molecule has 5 heterocycles. The van der Waals surface area contributed by atoms with Crippen LogP contribution in [-0.2, 0) is 41.5 Å². The number of rotatable bonds is 7. The second-order valence-corrected chi connectivity index (χ2v) is 14.7. The Hall–Kier alpha value is -4.84. The molecule has 2 amide bonds. The van der Waals surface area contributed by atoms with Crippen LogP contribution >= 0.6 is 23.2 Å². The highest BCUT2D eigenvalue weighted by Gasteiger charge is 2.33. The van der Waals surface area contributed by atoms with Crippen molar-refractivity contribution in [3.63, 3.8) is 0 Å². The molecule has 2 N–H and O–H groups in total. The lowest BCUT2D eigenvalue weighted by atomic mass is 10.1. The zero-order valence-electron chi connectivity index (χ0n) is 27.8. The summed E-state index contributed by atoms with van der Waals surface area (Å²) in [5.41, 5.74) is 0.361. The quantitative estimate of drug-likeness (QED) is 0.221. The van der Waals surface area contributed by atoms with Crippen molar-refractivity contribution in [2.75, 3.05) is 42.1 Å². The number of aryl methyl sites for hydroxylation is 1. The lowest BCUT2D eigenvalue weighted by Crippen LogP contribution is -2.51. The van der Waals surface area contributed by atoms with Gasteiger partial charge in [0.25, 0.3) is 11.5 Å². The van der Waals surface area contributed by atoms with Gasteiger partial charge in [-0.15, -0.1) is 5.10 Å². The Morgan fingerprint density at radius 3 is 2.51 bits per heavy atom. The van der Waals surface area contributed by atoms with E-state index in [9.17, 15) is 37.2 Å². The van der Waals surface area contributed by atoms with E-state index in [0.717, 1.165) is 33.2 Å². The van der Waals surface area contributed by atoms with Gasteiger partial charge in [0.2, 0.25) is 11.7 Å². The molecule has 2 aliphatic heterocycles. The number of carbonyl (C=O) groups excluding carboxylic acids is 2. The van der Waals surface area contributed by atoms with E-state index >= 15 is 0 Å². The van der Waals surface area contributed by atoms with Gasteiger partial charge < -0.3 is 29.3 Å².